The normalized spacial score (nSPS) is 11.5. The van der Waals surface area contributed by atoms with Crippen LogP contribution in [0.3, 0.4) is 0 Å². The van der Waals surface area contributed by atoms with Gasteiger partial charge in [-0.3, -0.25) is 4.79 Å². The van der Waals surface area contributed by atoms with Crippen molar-refractivity contribution in [3.63, 3.8) is 0 Å². The van der Waals surface area contributed by atoms with Crippen molar-refractivity contribution in [2.75, 3.05) is 0 Å². The zero-order valence-corrected chi connectivity index (χ0v) is 8.45. The van der Waals surface area contributed by atoms with Crippen molar-refractivity contribution in [2.24, 2.45) is 0 Å². The first-order chi connectivity index (χ1) is 7.98. The molecule has 0 bridgehead atoms. The number of halogens is 3. The molecule has 1 aromatic heterocycles. The van der Waals surface area contributed by atoms with Crippen LogP contribution in [0, 0.1) is 0 Å². The second-order valence-corrected chi connectivity index (χ2v) is 3.34. The number of imidazole rings is 1. The minimum absolute atomic E-state index is 0.234. The van der Waals surface area contributed by atoms with Crippen LogP contribution in [0.2, 0.25) is 0 Å². The number of nitrogens with zero attached hydrogens (tertiary/aromatic N) is 1. The smallest absolute Gasteiger partial charge is 0.335 e. The SMILES string of the molecule is O=C(c1cnc(-c2ccccc2)[nH]1)C(F)(F)F. The maximum atomic E-state index is 12.1. The summed E-state index contributed by atoms with van der Waals surface area (Å²) >= 11 is 0. The molecule has 88 valence electrons. The lowest BCUT2D eigenvalue weighted by molar-refractivity contribution is -0.0888. The van der Waals surface area contributed by atoms with Crippen LogP contribution in [0.25, 0.3) is 11.4 Å². The third-order valence-corrected chi connectivity index (χ3v) is 2.13. The summed E-state index contributed by atoms with van der Waals surface area (Å²) in [6.07, 6.45) is -4.00. The summed E-state index contributed by atoms with van der Waals surface area (Å²) < 4.78 is 36.4. The van der Waals surface area contributed by atoms with Gasteiger partial charge in [-0.15, -0.1) is 0 Å². The van der Waals surface area contributed by atoms with Gasteiger partial charge in [-0.1, -0.05) is 30.3 Å². The van der Waals surface area contributed by atoms with E-state index in [0.717, 1.165) is 6.20 Å². The van der Waals surface area contributed by atoms with E-state index in [9.17, 15) is 18.0 Å². The second-order valence-electron chi connectivity index (χ2n) is 3.34. The summed E-state index contributed by atoms with van der Waals surface area (Å²) in [4.78, 5) is 17.0. The minimum Gasteiger partial charge on any atom is -0.335 e. The third kappa shape index (κ3) is 2.35. The Balaban J connectivity index is 2.32. The number of hydrogen-bond acceptors (Lipinski definition) is 2. The Labute approximate surface area is 94.3 Å². The van der Waals surface area contributed by atoms with E-state index in [2.05, 4.69) is 9.97 Å². The van der Waals surface area contributed by atoms with E-state index in [4.69, 9.17) is 0 Å². The van der Waals surface area contributed by atoms with Crippen LogP contribution in [0.15, 0.2) is 36.5 Å². The molecular formula is C11H7F3N2O. The molecule has 0 saturated carbocycles. The number of alkyl halides is 3. The molecule has 2 rings (SSSR count). The molecule has 2 aromatic rings. The average Bonchev–Trinajstić information content (AvgIpc) is 2.77. The van der Waals surface area contributed by atoms with E-state index >= 15 is 0 Å². The van der Waals surface area contributed by atoms with Crippen molar-refractivity contribution in [1.82, 2.24) is 9.97 Å². The van der Waals surface area contributed by atoms with Crippen LogP contribution < -0.4 is 0 Å². The monoisotopic (exact) mass is 240 g/mol. The first-order valence-electron chi connectivity index (χ1n) is 4.70. The van der Waals surface area contributed by atoms with Crippen molar-refractivity contribution in [3.8, 4) is 11.4 Å². The van der Waals surface area contributed by atoms with E-state index < -0.39 is 17.7 Å². The zero-order valence-electron chi connectivity index (χ0n) is 8.45. The molecule has 3 nitrogen and oxygen atoms in total. The van der Waals surface area contributed by atoms with Gasteiger partial charge in [-0.25, -0.2) is 4.98 Å². The summed E-state index contributed by atoms with van der Waals surface area (Å²) in [5.41, 5.74) is 0.0603. The van der Waals surface area contributed by atoms with Gasteiger partial charge in [0.15, 0.2) is 0 Å². The van der Waals surface area contributed by atoms with Gasteiger partial charge in [0.2, 0.25) is 0 Å². The lowest BCUT2D eigenvalue weighted by Gasteiger charge is -2.01. The second kappa shape index (κ2) is 4.04. The van der Waals surface area contributed by atoms with Gasteiger partial charge in [0.1, 0.15) is 11.5 Å². The van der Waals surface area contributed by atoms with E-state index in [1.165, 1.54) is 0 Å². The molecule has 0 amide bonds. The van der Waals surface area contributed by atoms with Crippen molar-refractivity contribution in [3.05, 3.63) is 42.2 Å². The van der Waals surface area contributed by atoms with Crippen LogP contribution in [0.4, 0.5) is 13.2 Å². The number of hydrogen-bond donors (Lipinski definition) is 1. The fraction of sp³-hybridized carbons (Fsp3) is 0.0909. The number of Topliss-reactive ketones (excluding diaryl/α,β-unsaturated/α-hetero) is 1. The summed E-state index contributed by atoms with van der Waals surface area (Å²) in [7, 11) is 0. The van der Waals surface area contributed by atoms with Crippen LogP contribution in [0.1, 0.15) is 10.5 Å². The summed E-state index contributed by atoms with van der Waals surface area (Å²) in [6.45, 7) is 0. The number of H-pyrrole nitrogens is 1. The lowest BCUT2D eigenvalue weighted by Crippen LogP contribution is -2.22. The standard InChI is InChI=1S/C11H7F3N2O/c12-11(13,14)9(17)8-6-15-10(16-8)7-4-2-1-3-5-7/h1-6H,(H,15,16). The Morgan fingerprint density at radius 1 is 1.18 bits per heavy atom. The maximum Gasteiger partial charge on any atom is 0.456 e. The number of ketones is 1. The van der Waals surface area contributed by atoms with Gasteiger partial charge in [0.05, 0.1) is 6.20 Å². The van der Waals surface area contributed by atoms with E-state index in [0.29, 0.717) is 5.56 Å². The van der Waals surface area contributed by atoms with Gasteiger partial charge >= 0.3 is 6.18 Å². The molecule has 0 spiro atoms. The molecule has 17 heavy (non-hydrogen) atoms. The first-order valence-corrected chi connectivity index (χ1v) is 4.70. The van der Waals surface area contributed by atoms with Crippen molar-refractivity contribution in [1.29, 1.82) is 0 Å². The van der Waals surface area contributed by atoms with Gasteiger partial charge in [-0.2, -0.15) is 13.2 Å². The van der Waals surface area contributed by atoms with Gasteiger partial charge < -0.3 is 4.98 Å². The number of aromatic nitrogens is 2. The van der Waals surface area contributed by atoms with E-state index in [-0.39, 0.29) is 5.82 Å². The molecule has 6 heteroatoms. The highest BCUT2D eigenvalue weighted by Crippen LogP contribution is 2.22. The van der Waals surface area contributed by atoms with Crippen molar-refractivity contribution in [2.45, 2.75) is 6.18 Å². The van der Waals surface area contributed by atoms with Crippen molar-refractivity contribution < 1.29 is 18.0 Å². The fourth-order valence-electron chi connectivity index (χ4n) is 1.33. The van der Waals surface area contributed by atoms with Gasteiger partial charge in [0.25, 0.3) is 5.78 Å². The number of carbonyl (C=O) groups excluding carboxylic acids is 1. The van der Waals surface area contributed by atoms with Crippen LogP contribution in [0.5, 0.6) is 0 Å². The predicted octanol–water partition coefficient (Wildman–Crippen LogP) is 2.82. The average molecular weight is 240 g/mol. The van der Waals surface area contributed by atoms with Crippen LogP contribution >= 0.6 is 0 Å². The highest BCUT2D eigenvalue weighted by molar-refractivity contribution is 5.98. The number of rotatable bonds is 2. The van der Waals surface area contributed by atoms with E-state index in [1.54, 1.807) is 30.3 Å². The first kappa shape index (κ1) is 11.4. The van der Waals surface area contributed by atoms with Gasteiger partial charge in [0, 0.05) is 5.56 Å². The molecule has 0 atom stereocenters. The Hall–Kier alpha value is -2.11. The highest BCUT2D eigenvalue weighted by Gasteiger charge is 2.40. The zero-order chi connectivity index (χ0) is 12.5. The molecule has 1 aromatic carbocycles. The Kier molecular flexibility index (Phi) is 2.71. The molecule has 0 radical (unpaired) electrons. The Morgan fingerprint density at radius 2 is 1.82 bits per heavy atom. The molecule has 0 saturated heterocycles. The molecule has 1 N–H and O–H groups in total. The van der Waals surface area contributed by atoms with Crippen LogP contribution in [-0.4, -0.2) is 21.9 Å². The minimum atomic E-state index is -4.89. The largest absolute Gasteiger partial charge is 0.456 e. The molecule has 0 fully saturated rings. The summed E-state index contributed by atoms with van der Waals surface area (Å²) in [5.74, 6) is -1.69. The number of benzene rings is 1. The maximum absolute atomic E-state index is 12.1. The summed E-state index contributed by atoms with van der Waals surface area (Å²) in [5, 5.41) is 0. The third-order valence-electron chi connectivity index (χ3n) is 2.13. The predicted molar refractivity (Wildman–Crippen MR) is 54.4 cm³/mol. The molecule has 0 aliphatic carbocycles. The van der Waals surface area contributed by atoms with Crippen LogP contribution in [-0.2, 0) is 0 Å². The quantitative estimate of drug-likeness (QED) is 0.820. The Bertz CT molecular complexity index is 531. The topological polar surface area (TPSA) is 45.8 Å². The number of aromatic amines is 1. The van der Waals surface area contributed by atoms with Gasteiger partial charge in [-0.05, 0) is 0 Å². The van der Waals surface area contributed by atoms with Crippen molar-refractivity contribution >= 4 is 5.78 Å². The summed E-state index contributed by atoms with van der Waals surface area (Å²) in [6, 6.07) is 8.59. The highest BCUT2D eigenvalue weighted by atomic mass is 19.4. The molecule has 0 aliphatic rings. The Morgan fingerprint density at radius 3 is 2.41 bits per heavy atom. The molecular weight excluding hydrogens is 233 g/mol. The molecule has 0 unspecified atom stereocenters. The molecule has 1 heterocycles. The number of carbonyl (C=O) groups is 1. The molecule has 0 aliphatic heterocycles. The number of nitrogens with one attached hydrogen (secondary N) is 1. The van der Waals surface area contributed by atoms with E-state index in [1.807, 2.05) is 0 Å². The fourth-order valence-corrected chi connectivity index (χ4v) is 1.33. The lowest BCUT2D eigenvalue weighted by atomic mass is 10.2.